The quantitative estimate of drug-likeness (QED) is 0.452. The zero-order chi connectivity index (χ0) is 14.8. The van der Waals surface area contributed by atoms with Crippen molar-refractivity contribution in [2.24, 2.45) is 4.99 Å². The Hall–Kier alpha value is -1.20. The van der Waals surface area contributed by atoms with Crippen LogP contribution in [-0.4, -0.2) is 46.2 Å². The SMILES string of the molecule is CCCCCCCCC1=NC=C[N+]1(CCO)CC(=O)O. The van der Waals surface area contributed by atoms with Gasteiger partial charge in [-0.2, -0.15) is 0 Å². The smallest absolute Gasteiger partial charge is 0.360 e. The van der Waals surface area contributed by atoms with E-state index >= 15 is 0 Å². The third-order valence-corrected chi connectivity index (χ3v) is 3.76. The van der Waals surface area contributed by atoms with E-state index in [1.54, 1.807) is 12.4 Å². The minimum atomic E-state index is -0.861. The molecule has 20 heavy (non-hydrogen) atoms. The number of hydrogen-bond acceptors (Lipinski definition) is 3. The van der Waals surface area contributed by atoms with E-state index in [0.29, 0.717) is 6.54 Å². The van der Waals surface area contributed by atoms with E-state index in [9.17, 15) is 9.90 Å². The van der Waals surface area contributed by atoms with Crippen molar-refractivity contribution in [3.8, 4) is 0 Å². The van der Waals surface area contributed by atoms with Gasteiger partial charge in [0.25, 0.3) is 0 Å². The summed E-state index contributed by atoms with van der Waals surface area (Å²) in [5.41, 5.74) is 0. The molecule has 1 heterocycles. The number of rotatable bonds is 11. The topological polar surface area (TPSA) is 69.9 Å². The first-order valence-electron chi connectivity index (χ1n) is 7.59. The highest BCUT2D eigenvalue weighted by Gasteiger charge is 2.36. The predicted octanol–water partition coefficient (Wildman–Crippen LogP) is 2.51. The molecule has 5 nitrogen and oxygen atoms in total. The molecule has 0 aromatic rings. The van der Waals surface area contributed by atoms with Crippen molar-refractivity contribution in [2.45, 2.75) is 51.9 Å². The summed E-state index contributed by atoms with van der Waals surface area (Å²) in [7, 11) is 0. The third kappa shape index (κ3) is 5.06. The molecule has 0 aromatic heterocycles. The average Bonchev–Trinajstić information content (AvgIpc) is 2.76. The number of aliphatic hydroxyl groups is 1. The third-order valence-electron chi connectivity index (χ3n) is 3.76. The minimum absolute atomic E-state index is 0.0346. The van der Waals surface area contributed by atoms with Crippen molar-refractivity contribution in [1.29, 1.82) is 0 Å². The molecule has 0 fully saturated rings. The Labute approximate surface area is 121 Å². The van der Waals surface area contributed by atoms with Crippen LogP contribution in [0.25, 0.3) is 0 Å². The number of amidine groups is 1. The molecule has 1 atom stereocenters. The Bertz CT molecular complexity index is 366. The molecule has 2 N–H and O–H groups in total. The molecule has 5 heteroatoms. The van der Waals surface area contributed by atoms with Crippen molar-refractivity contribution in [3.63, 3.8) is 0 Å². The fourth-order valence-corrected chi connectivity index (χ4v) is 2.65. The standard InChI is InChI=1S/C15H26N2O3/c1-2-3-4-5-6-7-8-14-16-9-10-17(14,11-12-18)13-15(19)20/h9-10,18H,2-8,11-13H2,1H3/p+1. The summed E-state index contributed by atoms with van der Waals surface area (Å²) in [6.45, 7) is 2.52. The van der Waals surface area contributed by atoms with Gasteiger partial charge < -0.3 is 10.2 Å². The molecular formula is C15H27N2O3+. The lowest BCUT2D eigenvalue weighted by molar-refractivity contribution is -0.780. The zero-order valence-corrected chi connectivity index (χ0v) is 12.4. The van der Waals surface area contributed by atoms with Crippen molar-refractivity contribution in [2.75, 3.05) is 19.7 Å². The summed E-state index contributed by atoms with van der Waals surface area (Å²) in [6, 6.07) is 0. The highest BCUT2D eigenvalue weighted by Crippen LogP contribution is 2.21. The van der Waals surface area contributed by atoms with Crippen LogP contribution in [0.5, 0.6) is 0 Å². The number of carbonyl (C=O) groups is 1. The maximum Gasteiger partial charge on any atom is 0.360 e. The predicted molar refractivity (Wildman–Crippen MR) is 79.3 cm³/mol. The van der Waals surface area contributed by atoms with Crippen LogP contribution in [0.3, 0.4) is 0 Å². The van der Waals surface area contributed by atoms with Crippen molar-refractivity contribution in [3.05, 3.63) is 12.4 Å². The average molecular weight is 283 g/mol. The lowest BCUT2D eigenvalue weighted by Gasteiger charge is -2.30. The number of carboxylic acids is 1. The Balaban J connectivity index is 2.44. The normalized spacial score (nSPS) is 21.2. The molecule has 0 bridgehead atoms. The molecule has 0 aliphatic carbocycles. The molecule has 0 amide bonds. The van der Waals surface area contributed by atoms with Crippen LogP contribution >= 0.6 is 0 Å². The van der Waals surface area contributed by atoms with Crippen molar-refractivity contribution in [1.82, 2.24) is 0 Å². The van der Waals surface area contributed by atoms with Crippen LogP contribution in [0.4, 0.5) is 0 Å². The van der Waals surface area contributed by atoms with Gasteiger partial charge in [-0.1, -0.05) is 39.0 Å². The molecule has 1 aliphatic heterocycles. The maximum absolute atomic E-state index is 11.0. The molecule has 0 saturated heterocycles. The molecule has 0 spiro atoms. The molecule has 0 radical (unpaired) electrons. The van der Waals surface area contributed by atoms with Gasteiger partial charge in [-0.05, 0) is 6.42 Å². The fourth-order valence-electron chi connectivity index (χ4n) is 2.65. The first-order valence-corrected chi connectivity index (χ1v) is 7.59. The number of carboxylic acid groups (broad SMARTS) is 1. The summed E-state index contributed by atoms with van der Waals surface area (Å²) < 4.78 is 0.181. The lowest BCUT2D eigenvalue weighted by atomic mass is 10.1. The number of quaternary nitrogens is 1. The molecule has 114 valence electrons. The largest absolute Gasteiger partial charge is 0.477 e. The maximum atomic E-state index is 11.0. The van der Waals surface area contributed by atoms with Gasteiger partial charge in [0.1, 0.15) is 12.7 Å². The molecule has 0 saturated carbocycles. The van der Waals surface area contributed by atoms with E-state index in [1.807, 2.05) is 0 Å². The van der Waals surface area contributed by atoms with Gasteiger partial charge in [-0.3, -0.25) is 0 Å². The fraction of sp³-hybridized carbons (Fsp3) is 0.733. The second kappa shape index (κ2) is 8.87. The van der Waals surface area contributed by atoms with Gasteiger partial charge in [-0.15, -0.1) is 0 Å². The van der Waals surface area contributed by atoms with Gasteiger partial charge in [0.05, 0.1) is 12.8 Å². The van der Waals surface area contributed by atoms with Crippen LogP contribution in [0.2, 0.25) is 0 Å². The van der Waals surface area contributed by atoms with Crippen LogP contribution in [0.1, 0.15) is 51.9 Å². The van der Waals surface area contributed by atoms with E-state index in [1.165, 1.54) is 25.7 Å². The van der Waals surface area contributed by atoms with E-state index < -0.39 is 5.97 Å². The van der Waals surface area contributed by atoms with Crippen molar-refractivity contribution >= 4 is 11.8 Å². The summed E-state index contributed by atoms with van der Waals surface area (Å²) >= 11 is 0. The second-order valence-electron chi connectivity index (χ2n) is 5.39. The number of aliphatic carboxylic acids is 1. The molecule has 1 rings (SSSR count). The van der Waals surface area contributed by atoms with Crippen LogP contribution < -0.4 is 0 Å². The highest BCUT2D eigenvalue weighted by atomic mass is 16.4. The number of nitrogens with zero attached hydrogens (tertiary/aromatic N) is 2. The van der Waals surface area contributed by atoms with Gasteiger partial charge in [0, 0.05) is 6.42 Å². The molecular weight excluding hydrogens is 256 g/mol. The lowest BCUT2D eigenvalue weighted by Crippen LogP contribution is -2.51. The van der Waals surface area contributed by atoms with E-state index in [-0.39, 0.29) is 17.6 Å². The molecule has 1 unspecified atom stereocenters. The first-order chi connectivity index (χ1) is 9.64. The summed E-state index contributed by atoms with van der Waals surface area (Å²) in [6.07, 6.45) is 11.5. The molecule has 0 aromatic carbocycles. The van der Waals surface area contributed by atoms with Gasteiger partial charge in [-0.25, -0.2) is 14.3 Å². The number of aliphatic imine (C=N–C) groups is 1. The van der Waals surface area contributed by atoms with Crippen LogP contribution in [-0.2, 0) is 4.79 Å². The van der Waals surface area contributed by atoms with Crippen LogP contribution in [0.15, 0.2) is 17.4 Å². The summed E-state index contributed by atoms with van der Waals surface area (Å²) in [5.74, 6) is 0.0117. The molecule has 1 aliphatic rings. The zero-order valence-electron chi connectivity index (χ0n) is 12.4. The van der Waals surface area contributed by atoms with Gasteiger partial charge in [0.15, 0.2) is 6.54 Å². The monoisotopic (exact) mass is 283 g/mol. The van der Waals surface area contributed by atoms with Gasteiger partial charge in [0.2, 0.25) is 5.84 Å². The minimum Gasteiger partial charge on any atom is -0.477 e. The summed E-state index contributed by atoms with van der Waals surface area (Å²) in [5, 5.41) is 18.3. The van der Waals surface area contributed by atoms with Crippen molar-refractivity contribution < 1.29 is 19.5 Å². The Kier molecular flexibility index (Phi) is 7.47. The number of hydrogen-bond donors (Lipinski definition) is 2. The first kappa shape index (κ1) is 16.9. The highest BCUT2D eigenvalue weighted by molar-refractivity contribution is 5.81. The summed E-state index contributed by atoms with van der Waals surface area (Å²) in [4.78, 5) is 15.4. The van der Waals surface area contributed by atoms with E-state index in [2.05, 4.69) is 11.9 Å². The Morgan fingerprint density at radius 1 is 1.25 bits per heavy atom. The number of unbranched alkanes of at least 4 members (excludes halogenated alkanes) is 5. The van der Waals surface area contributed by atoms with Crippen LogP contribution in [0, 0.1) is 0 Å². The Morgan fingerprint density at radius 2 is 1.95 bits per heavy atom. The van der Waals surface area contributed by atoms with E-state index in [4.69, 9.17) is 5.11 Å². The number of aliphatic hydroxyl groups excluding tert-OH is 1. The Morgan fingerprint density at radius 3 is 2.60 bits per heavy atom. The second-order valence-corrected chi connectivity index (χ2v) is 5.39. The van der Waals surface area contributed by atoms with Gasteiger partial charge >= 0.3 is 5.97 Å². The van der Waals surface area contributed by atoms with E-state index in [0.717, 1.165) is 25.1 Å².